The predicted octanol–water partition coefficient (Wildman–Crippen LogP) is 2.59. The molecule has 9 heteroatoms. The smallest absolute Gasteiger partial charge is 0.380 e. The zero-order valence-corrected chi connectivity index (χ0v) is 15.9. The van der Waals surface area contributed by atoms with Crippen LogP contribution in [0.1, 0.15) is 20.8 Å². The van der Waals surface area contributed by atoms with Crippen molar-refractivity contribution < 1.29 is 13.3 Å². The number of halogens is 3. The molecule has 0 aromatic heterocycles. The SMILES string of the molecule is CCO[Si](B[Si](Br)(Br)Br)(OCC)OCC. The molecule has 3 nitrogen and oxygen atoms in total. The van der Waals surface area contributed by atoms with E-state index >= 15 is 0 Å². The molecule has 0 aromatic rings. The summed E-state index contributed by atoms with van der Waals surface area (Å²) >= 11 is 10.8. The average molecular weight is 443 g/mol. The number of rotatable bonds is 8. The molecule has 0 aromatic carbocycles. The minimum absolute atomic E-state index is 0.615. The molecule has 0 rings (SSSR count). The maximum absolute atomic E-state index is 5.73. The Morgan fingerprint density at radius 2 is 1.20 bits per heavy atom. The molecule has 0 bridgehead atoms. The molecule has 15 heavy (non-hydrogen) atoms. The van der Waals surface area contributed by atoms with Gasteiger partial charge in [-0.1, -0.05) is 0 Å². The first-order valence-electron chi connectivity index (χ1n) is 4.87. The van der Waals surface area contributed by atoms with Crippen molar-refractivity contribution in [1.82, 2.24) is 0 Å². The second-order valence-corrected chi connectivity index (χ2v) is 29.4. The van der Waals surface area contributed by atoms with Crippen molar-refractivity contribution in [2.24, 2.45) is 0 Å². The third kappa shape index (κ3) is 7.69. The van der Waals surface area contributed by atoms with Gasteiger partial charge in [-0.25, -0.2) is 0 Å². The first-order chi connectivity index (χ1) is 6.89. The standard InChI is InChI=1S/C6H16BBr3O3Si2/c1-4-11-15(12-5-2,13-6-3)7-14(8,9)10/h7H,4-6H2,1-3H3. The van der Waals surface area contributed by atoms with Crippen molar-refractivity contribution in [3.8, 4) is 0 Å². The van der Waals surface area contributed by atoms with Gasteiger partial charge in [0.2, 0.25) is 3.80 Å². The Balaban J connectivity index is 4.60. The summed E-state index contributed by atoms with van der Waals surface area (Å²) in [4.78, 5) is 0. The van der Waals surface area contributed by atoms with E-state index in [0.29, 0.717) is 19.8 Å². The van der Waals surface area contributed by atoms with Crippen LogP contribution in [0.4, 0.5) is 0 Å². The molecule has 90 valence electrons. The Hall–Kier alpha value is 1.82. The fraction of sp³-hybridized carbons (Fsp3) is 1.00. The van der Waals surface area contributed by atoms with Crippen molar-refractivity contribution in [1.29, 1.82) is 0 Å². The molecule has 0 fully saturated rings. The lowest BCUT2D eigenvalue weighted by Crippen LogP contribution is -2.57. The molecule has 0 radical (unpaired) electrons. The van der Waals surface area contributed by atoms with E-state index in [-0.39, 0.29) is 0 Å². The van der Waals surface area contributed by atoms with E-state index in [4.69, 9.17) is 13.3 Å². The summed E-state index contributed by atoms with van der Waals surface area (Å²) in [5.74, 6) is 0. The molecular formula is C6H16BBr3O3Si2. The fourth-order valence-corrected chi connectivity index (χ4v) is 15.2. The highest BCUT2D eigenvalue weighted by molar-refractivity contribution is 9.74. The van der Waals surface area contributed by atoms with Crippen molar-refractivity contribution in [2.45, 2.75) is 20.8 Å². The summed E-state index contributed by atoms with van der Waals surface area (Å²) in [5, 5.41) is 0. The number of hydrogen-bond donors (Lipinski definition) is 0. The van der Waals surface area contributed by atoms with Gasteiger partial charge in [0.1, 0.15) is 0 Å². The largest absolute Gasteiger partial charge is 0.442 e. The molecular weight excluding hydrogens is 427 g/mol. The van der Waals surface area contributed by atoms with Crippen LogP contribution in [-0.4, -0.2) is 38.8 Å². The summed E-state index contributed by atoms with van der Waals surface area (Å²) in [7, 11) is -2.51. The Bertz CT molecular complexity index is 164. The zero-order chi connectivity index (χ0) is 11.9. The minimum atomic E-state index is -2.51. The average Bonchev–Trinajstić information content (AvgIpc) is 2.01. The molecule has 0 aliphatic carbocycles. The highest BCUT2D eigenvalue weighted by Crippen LogP contribution is 2.29. The van der Waals surface area contributed by atoms with E-state index in [1.165, 1.54) is 0 Å². The van der Waals surface area contributed by atoms with Gasteiger partial charge in [-0.05, 0) is 20.8 Å². The maximum atomic E-state index is 5.73. The Morgan fingerprint density at radius 3 is 1.40 bits per heavy atom. The van der Waals surface area contributed by atoms with E-state index in [1.54, 1.807) is 0 Å². The fourth-order valence-electron chi connectivity index (χ4n) is 1.18. The van der Waals surface area contributed by atoms with E-state index in [2.05, 4.69) is 45.9 Å². The lowest BCUT2D eigenvalue weighted by Gasteiger charge is -2.30. The highest BCUT2D eigenvalue weighted by Gasteiger charge is 2.49. The molecule has 0 amide bonds. The summed E-state index contributed by atoms with van der Waals surface area (Å²) in [6.07, 6.45) is 0. The van der Waals surface area contributed by atoms with Crippen molar-refractivity contribution >= 4 is 64.8 Å². The van der Waals surface area contributed by atoms with Crippen LogP contribution in [0, 0.1) is 0 Å². The lowest BCUT2D eigenvalue weighted by molar-refractivity contribution is 0.0936. The molecule has 0 heterocycles. The van der Waals surface area contributed by atoms with Gasteiger partial charge in [-0.15, -0.1) is 45.9 Å². The van der Waals surface area contributed by atoms with Gasteiger partial charge in [-0.3, -0.25) is 0 Å². The van der Waals surface area contributed by atoms with Gasteiger partial charge in [-0.2, -0.15) is 0 Å². The topological polar surface area (TPSA) is 27.7 Å². The minimum Gasteiger partial charge on any atom is -0.380 e. The van der Waals surface area contributed by atoms with Gasteiger partial charge in [0.05, 0.1) is 0 Å². The molecule has 0 aliphatic heterocycles. The van der Waals surface area contributed by atoms with Crippen LogP contribution < -0.4 is 0 Å². The first kappa shape index (κ1) is 16.8. The van der Waals surface area contributed by atoms with Crippen LogP contribution in [-0.2, 0) is 13.3 Å². The monoisotopic (exact) mass is 440 g/mol. The molecule has 0 spiro atoms. The van der Waals surface area contributed by atoms with Crippen LogP contribution >= 0.6 is 45.9 Å². The van der Waals surface area contributed by atoms with Gasteiger partial charge >= 0.3 is 8.67 Å². The van der Waals surface area contributed by atoms with Crippen molar-refractivity contribution in [3.05, 3.63) is 0 Å². The van der Waals surface area contributed by atoms with Crippen molar-refractivity contribution in [2.75, 3.05) is 19.8 Å². The molecule has 0 saturated carbocycles. The van der Waals surface area contributed by atoms with E-state index < -0.39 is 12.5 Å². The highest BCUT2D eigenvalue weighted by atomic mass is 80.0. The number of hydrogen-bond acceptors (Lipinski definition) is 3. The summed E-state index contributed by atoms with van der Waals surface area (Å²) in [5.41, 5.74) is 0. The van der Waals surface area contributed by atoms with Crippen LogP contribution in [0.15, 0.2) is 0 Å². The molecule has 0 aliphatic rings. The van der Waals surface area contributed by atoms with Gasteiger partial charge in [0.25, 0.3) is 6.46 Å². The van der Waals surface area contributed by atoms with Gasteiger partial charge < -0.3 is 13.3 Å². The second-order valence-electron chi connectivity index (χ2n) is 2.77. The van der Waals surface area contributed by atoms with Crippen LogP contribution in [0.2, 0.25) is 0 Å². The summed E-state index contributed by atoms with van der Waals surface area (Å²) in [6.45, 7) is 8.48. The van der Waals surface area contributed by atoms with Crippen LogP contribution in [0.25, 0.3) is 0 Å². The summed E-state index contributed by atoms with van der Waals surface area (Å²) < 4.78 is 15.4. The second kappa shape index (κ2) is 8.01. The van der Waals surface area contributed by atoms with Gasteiger partial charge in [0.15, 0.2) is 0 Å². The summed E-state index contributed by atoms with van der Waals surface area (Å²) in [6, 6.07) is 0. The molecule has 0 N–H and O–H groups in total. The first-order valence-corrected chi connectivity index (χ1v) is 15.8. The quantitative estimate of drug-likeness (QED) is 0.427. The Labute approximate surface area is 118 Å². The zero-order valence-electron chi connectivity index (χ0n) is 9.19. The van der Waals surface area contributed by atoms with Crippen LogP contribution in [0.3, 0.4) is 0 Å². The molecule has 0 saturated heterocycles. The Kier molecular flexibility index (Phi) is 8.99. The Morgan fingerprint density at radius 1 is 0.867 bits per heavy atom. The van der Waals surface area contributed by atoms with Gasteiger partial charge in [0, 0.05) is 19.8 Å². The van der Waals surface area contributed by atoms with Crippen LogP contribution in [0.5, 0.6) is 0 Å². The van der Waals surface area contributed by atoms with Crippen molar-refractivity contribution in [3.63, 3.8) is 0 Å². The molecule has 0 atom stereocenters. The predicted molar refractivity (Wildman–Crippen MR) is 80.3 cm³/mol. The normalized spacial score (nSPS) is 12.9. The van der Waals surface area contributed by atoms with E-state index in [9.17, 15) is 0 Å². The van der Waals surface area contributed by atoms with E-state index in [1.807, 2.05) is 20.8 Å². The third-order valence-electron chi connectivity index (χ3n) is 1.51. The molecule has 0 unspecified atom stereocenters. The van der Waals surface area contributed by atoms with E-state index in [0.717, 1.165) is 6.46 Å². The maximum Gasteiger partial charge on any atom is 0.442 e. The lowest BCUT2D eigenvalue weighted by atomic mass is 10.7. The third-order valence-corrected chi connectivity index (χ3v) is 14.6.